The molecule has 0 radical (unpaired) electrons. The van der Waals surface area contributed by atoms with Crippen LogP contribution in [0.1, 0.15) is 13.8 Å². The largest absolute Gasteiger partial charge is 0.481 e. The van der Waals surface area contributed by atoms with Crippen LogP contribution in [-0.4, -0.2) is 23.0 Å². The van der Waals surface area contributed by atoms with Gasteiger partial charge in [-0.15, -0.1) is 0 Å². The zero-order valence-corrected chi connectivity index (χ0v) is 13.6. The van der Waals surface area contributed by atoms with Crippen LogP contribution in [0.3, 0.4) is 0 Å². The molecule has 0 aromatic heterocycles. The van der Waals surface area contributed by atoms with Crippen LogP contribution in [0.2, 0.25) is 0 Å². The van der Waals surface area contributed by atoms with Gasteiger partial charge in [-0.1, -0.05) is 30.3 Å². The molecule has 7 heteroatoms. The third-order valence-electron chi connectivity index (χ3n) is 2.99. The van der Waals surface area contributed by atoms with Crippen molar-refractivity contribution in [3.8, 4) is 5.75 Å². The van der Waals surface area contributed by atoms with Gasteiger partial charge in [0.15, 0.2) is 11.2 Å². The number of hydrogen-bond donors (Lipinski definition) is 3. The van der Waals surface area contributed by atoms with E-state index in [1.807, 2.05) is 42.5 Å². The quantitative estimate of drug-likeness (QED) is 0.589. The summed E-state index contributed by atoms with van der Waals surface area (Å²) in [5.41, 5.74) is 4.81. The van der Waals surface area contributed by atoms with E-state index in [-0.39, 0.29) is 11.0 Å². The van der Waals surface area contributed by atoms with Gasteiger partial charge in [0.1, 0.15) is 5.75 Å². The summed E-state index contributed by atoms with van der Waals surface area (Å²) in [6.45, 7) is 2.94. The number of ether oxygens (including phenoxy) is 1. The maximum Gasteiger partial charge on any atom is 0.279 e. The first-order valence-electron chi connectivity index (χ1n) is 6.98. The second-order valence-electron chi connectivity index (χ2n) is 4.89. The van der Waals surface area contributed by atoms with Crippen LogP contribution < -0.4 is 20.9 Å². The molecule has 3 N–H and O–H groups in total. The van der Waals surface area contributed by atoms with Crippen molar-refractivity contribution in [3.63, 3.8) is 0 Å². The maximum absolute atomic E-state index is 11.9. The van der Waals surface area contributed by atoms with E-state index in [0.29, 0.717) is 5.75 Å². The molecular weight excluding hydrogens is 314 g/mol. The van der Waals surface area contributed by atoms with Gasteiger partial charge in [0.2, 0.25) is 5.91 Å². The fourth-order valence-electron chi connectivity index (χ4n) is 1.91. The fraction of sp³-hybridized carbons (Fsp3) is 0.188. The van der Waals surface area contributed by atoms with E-state index in [4.69, 9.17) is 17.0 Å². The number of thiocarbonyl (C=S) groups is 1. The normalized spacial score (nSPS) is 11.4. The lowest BCUT2D eigenvalue weighted by atomic mass is 10.1. The summed E-state index contributed by atoms with van der Waals surface area (Å²) < 4.78 is 5.61. The highest BCUT2D eigenvalue weighted by Gasteiger charge is 2.15. The lowest BCUT2D eigenvalue weighted by Crippen LogP contribution is -2.51. The van der Waals surface area contributed by atoms with E-state index in [2.05, 4.69) is 16.2 Å². The minimum Gasteiger partial charge on any atom is -0.481 e. The summed E-state index contributed by atoms with van der Waals surface area (Å²) in [4.78, 5) is 22.7. The van der Waals surface area contributed by atoms with Crippen molar-refractivity contribution in [1.29, 1.82) is 0 Å². The molecule has 0 heterocycles. The van der Waals surface area contributed by atoms with Gasteiger partial charge >= 0.3 is 0 Å². The summed E-state index contributed by atoms with van der Waals surface area (Å²) in [6, 6.07) is 13.5. The highest BCUT2D eigenvalue weighted by Crippen LogP contribution is 2.21. The Labute approximate surface area is 139 Å². The molecule has 2 aromatic rings. The number of fused-ring (bicyclic) bond motifs is 1. The molecule has 0 aliphatic heterocycles. The SMILES string of the molecule is CC(=O)NC(=S)NNC(=O)[C@@H](C)Oc1ccc2ccccc2c1. The zero-order chi connectivity index (χ0) is 16.8. The van der Waals surface area contributed by atoms with E-state index in [1.165, 1.54) is 6.92 Å². The second-order valence-corrected chi connectivity index (χ2v) is 5.30. The van der Waals surface area contributed by atoms with Crippen molar-refractivity contribution in [2.24, 2.45) is 0 Å². The Morgan fingerprint density at radius 3 is 2.48 bits per heavy atom. The van der Waals surface area contributed by atoms with Crippen LogP contribution in [0.5, 0.6) is 5.75 Å². The predicted molar refractivity (Wildman–Crippen MR) is 91.7 cm³/mol. The Bertz CT molecular complexity index is 748. The van der Waals surface area contributed by atoms with Crippen molar-refractivity contribution in [1.82, 2.24) is 16.2 Å². The number of carbonyl (C=O) groups is 2. The molecule has 1 atom stereocenters. The molecule has 0 aliphatic rings. The molecule has 0 spiro atoms. The van der Waals surface area contributed by atoms with Crippen molar-refractivity contribution >= 4 is 39.9 Å². The fourth-order valence-corrected chi connectivity index (χ4v) is 2.10. The molecule has 2 rings (SSSR count). The minimum atomic E-state index is -0.733. The van der Waals surface area contributed by atoms with Crippen LogP contribution in [0.15, 0.2) is 42.5 Å². The average Bonchev–Trinajstić information content (AvgIpc) is 2.51. The lowest BCUT2D eigenvalue weighted by Gasteiger charge is -2.16. The third-order valence-corrected chi connectivity index (χ3v) is 3.20. The van der Waals surface area contributed by atoms with E-state index < -0.39 is 12.0 Å². The smallest absolute Gasteiger partial charge is 0.279 e. The molecule has 0 fully saturated rings. The predicted octanol–water partition coefficient (Wildman–Crippen LogP) is 1.65. The highest BCUT2D eigenvalue weighted by molar-refractivity contribution is 7.80. The first kappa shape index (κ1) is 16.7. The van der Waals surface area contributed by atoms with Crippen molar-refractivity contribution in [3.05, 3.63) is 42.5 Å². The second kappa shape index (κ2) is 7.55. The number of hydrazine groups is 1. The Balaban J connectivity index is 1.91. The molecule has 23 heavy (non-hydrogen) atoms. The lowest BCUT2D eigenvalue weighted by molar-refractivity contribution is -0.128. The number of rotatable bonds is 3. The summed E-state index contributed by atoms with van der Waals surface area (Å²) in [6.07, 6.45) is -0.733. The Hall–Kier alpha value is -2.67. The van der Waals surface area contributed by atoms with Gasteiger partial charge in [-0.3, -0.25) is 20.4 Å². The van der Waals surface area contributed by atoms with Crippen LogP contribution in [0.4, 0.5) is 0 Å². The molecule has 120 valence electrons. The molecular formula is C16H17N3O3S. The van der Waals surface area contributed by atoms with Gasteiger partial charge in [-0.25, -0.2) is 0 Å². The summed E-state index contributed by atoms with van der Waals surface area (Å²) in [7, 11) is 0. The van der Waals surface area contributed by atoms with Crippen LogP contribution >= 0.6 is 12.2 Å². The van der Waals surface area contributed by atoms with E-state index in [0.717, 1.165) is 10.8 Å². The number of benzene rings is 2. The van der Waals surface area contributed by atoms with Gasteiger partial charge in [0, 0.05) is 6.92 Å². The molecule has 6 nitrogen and oxygen atoms in total. The summed E-state index contributed by atoms with van der Waals surface area (Å²) in [5.74, 6) is -0.140. The third kappa shape index (κ3) is 4.93. The first-order valence-corrected chi connectivity index (χ1v) is 7.39. The molecule has 2 amide bonds. The van der Waals surface area contributed by atoms with E-state index in [9.17, 15) is 9.59 Å². The molecule has 0 aliphatic carbocycles. The van der Waals surface area contributed by atoms with E-state index in [1.54, 1.807) is 6.92 Å². The highest BCUT2D eigenvalue weighted by atomic mass is 32.1. The first-order chi connectivity index (χ1) is 11.0. The van der Waals surface area contributed by atoms with E-state index >= 15 is 0 Å². The molecule has 0 saturated carbocycles. The van der Waals surface area contributed by atoms with Crippen LogP contribution in [0, 0.1) is 0 Å². The van der Waals surface area contributed by atoms with Gasteiger partial charge in [0.25, 0.3) is 5.91 Å². The minimum absolute atomic E-state index is 0.0174. The topological polar surface area (TPSA) is 79.5 Å². The molecule has 0 saturated heterocycles. The monoisotopic (exact) mass is 331 g/mol. The van der Waals surface area contributed by atoms with Crippen molar-refractivity contribution in [2.45, 2.75) is 20.0 Å². The van der Waals surface area contributed by atoms with Crippen molar-refractivity contribution in [2.75, 3.05) is 0 Å². The van der Waals surface area contributed by atoms with Gasteiger partial charge in [0.05, 0.1) is 0 Å². The van der Waals surface area contributed by atoms with Gasteiger partial charge in [-0.05, 0) is 42.0 Å². The van der Waals surface area contributed by atoms with Crippen LogP contribution in [0.25, 0.3) is 10.8 Å². The maximum atomic E-state index is 11.9. The standard InChI is InChI=1S/C16H17N3O3S/c1-10(15(21)18-19-16(23)17-11(2)20)22-14-8-7-12-5-3-4-6-13(12)9-14/h3-10H,1-2H3,(H,18,21)(H2,17,19,20,23)/t10-/m1/s1. The molecule has 0 unspecified atom stereocenters. The zero-order valence-electron chi connectivity index (χ0n) is 12.8. The Kier molecular flexibility index (Phi) is 5.48. The number of carbonyl (C=O) groups excluding carboxylic acids is 2. The molecule has 0 bridgehead atoms. The summed E-state index contributed by atoms with van der Waals surface area (Å²) >= 11 is 4.82. The Morgan fingerprint density at radius 1 is 1.09 bits per heavy atom. The van der Waals surface area contributed by atoms with Gasteiger partial charge in [-0.2, -0.15) is 0 Å². The number of amides is 2. The van der Waals surface area contributed by atoms with Crippen molar-refractivity contribution < 1.29 is 14.3 Å². The van der Waals surface area contributed by atoms with Gasteiger partial charge < -0.3 is 10.1 Å². The Morgan fingerprint density at radius 2 is 1.78 bits per heavy atom. The average molecular weight is 331 g/mol. The van der Waals surface area contributed by atoms with Crippen LogP contribution in [-0.2, 0) is 9.59 Å². The number of nitrogens with one attached hydrogen (secondary N) is 3. The number of hydrogen-bond acceptors (Lipinski definition) is 4. The molecule has 2 aromatic carbocycles. The summed E-state index contributed by atoms with van der Waals surface area (Å²) in [5, 5.41) is 4.48.